The van der Waals surface area contributed by atoms with E-state index in [1.54, 1.807) is 34.8 Å². The van der Waals surface area contributed by atoms with Crippen LogP contribution in [0.3, 0.4) is 0 Å². The maximum Gasteiger partial charge on any atom is 0.235 e. The van der Waals surface area contributed by atoms with Crippen LogP contribution in [0.2, 0.25) is 0 Å². The van der Waals surface area contributed by atoms with Gasteiger partial charge in [-0.2, -0.15) is 5.10 Å². The Labute approximate surface area is 143 Å². The summed E-state index contributed by atoms with van der Waals surface area (Å²) in [6.07, 6.45) is 1.80. The van der Waals surface area contributed by atoms with Gasteiger partial charge in [-0.3, -0.25) is 4.79 Å². The Bertz CT molecular complexity index is 875. The van der Waals surface area contributed by atoms with Crippen molar-refractivity contribution in [1.82, 2.24) is 9.78 Å². The van der Waals surface area contributed by atoms with Crippen molar-refractivity contribution in [1.29, 1.82) is 0 Å². The molecule has 2 N–H and O–H groups in total. The molecule has 0 bridgehead atoms. The summed E-state index contributed by atoms with van der Waals surface area (Å²) in [7, 11) is 0. The molecule has 1 amide bonds. The maximum absolute atomic E-state index is 12.1. The van der Waals surface area contributed by atoms with Gasteiger partial charge >= 0.3 is 0 Å². The number of fused-ring (bicyclic) bond motifs is 1. The van der Waals surface area contributed by atoms with Crippen molar-refractivity contribution in [2.45, 2.75) is 5.25 Å². The third kappa shape index (κ3) is 2.65. The third-order valence-corrected chi connectivity index (χ3v) is 5.20. The molecule has 0 unspecified atom stereocenters. The molecule has 6 heteroatoms. The highest BCUT2D eigenvalue weighted by atomic mass is 32.2. The van der Waals surface area contributed by atoms with Crippen molar-refractivity contribution < 1.29 is 9.90 Å². The monoisotopic (exact) mass is 337 g/mol. The quantitative estimate of drug-likeness (QED) is 0.752. The fraction of sp³-hybridized carbons (Fsp3) is 0.111. The van der Waals surface area contributed by atoms with Gasteiger partial charge in [0.05, 0.1) is 22.9 Å². The number of rotatable bonds is 2. The molecule has 1 aliphatic rings. The van der Waals surface area contributed by atoms with E-state index in [0.29, 0.717) is 11.6 Å². The second-order valence-electron chi connectivity index (χ2n) is 5.53. The molecule has 0 aliphatic carbocycles. The van der Waals surface area contributed by atoms with Crippen LogP contribution in [0.4, 0.5) is 5.82 Å². The van der Waals surface area contributed by atoms with E-state index in [2.05, 4.69) is 10.4 Å². The first-order valence-electron chi connectivity index (χ1n) is 7.56. The Morgan fingerprint density at radius 1 is 1.12 bits per heavy atom. The summed E-state index contributed by atoms with van der Waals surface area (Å²) in [5, 5.41) is 16.9. The fourth-order valence-electron chi connectivity index (χ4n) is 2.78. The van der Waals surface area contributed by atoms with Gasteiger partial charge in [-0.25, -0.2) is 4.68 Å². The Balaban J connectivity index is 1.82. The van der Waals surface area contributed by atoms with Gasteiger partial charge < -0.3 is 10.4 Å². The molecular formula is C18H15N3O2S. The number of hydrogen-bond acceptors (Lipinski definition) is 4. The predicted octanol–water partition coefficient (Wildman–Crippen LogP) is 3.35. The van der Waals surface area contributed by atoms with Crippen LogP contribution in [0.5, 0.6) is 5.75 Å². The van der Waals surface area contributed by atoms with Crippen LogP contribution >= 0.6 is 11.8 Å². The van der Waals surface area contributed by atoms with Crippen molar-refractivity contribution in [3.8, 4) is 11.4 Å². The summed E-state index contributed by atoms with van der Waals surface area (Å²) in [6.45, 7) is 0. The average Bonchev–Trinajstić information content (AvgIpc) is 2.93. The molecule has 5 nitrogen and oxygen atoms in total. The smallest absolute Gasteiger partial charge is 0.235 e. The highest BCUT2D eigenvalue weighted by Crippen LogP contribution is 2.42. The highest BCUT2D eigenvalue weighted by molar-refractivity contribution is 8.00. The lowest BCUT2D eigenvalue weighted by Crippen LogP contribution is -2.15. The van der Waals surface area contributed by atoms with Crippen molar-refractivity contribution >= 4 is 23.5 Å². The molecule has 0 saturated carbocycles. The number of benzene rings is 2. The molecule has 4 rings (SSSR count). The minimum absolute atomic E-state index is 0.0167. The third-order valence-electron chi connectivity index (χ3n) is 3.92. The second kappa shape index (κ2) is 6.05. The Morgan fingerprint density at radius 2 is 1.88 bits per heavy atom. The maximum atomic E-state index is 12.1. The van der Waals surface area contributed by atoms with E-state index >= 15 is 0 Å². The van der Waals surface area contributed by atoms with Crippen LogP contribution in [-0.2, 0) is 4.79 Å². The average molecular weight is 337 g/mol. The first-order chi connectivity index (χ1) is 11.7. The van der Waals surface area contributed by atoms with Crippen LogP contribution in [0.15, 0.2) is 60.8 Å². The minimum atomic E-state index is -0.0415. The summed E-state index contributed by atoms with van der Waals surface area (Å²) in [4.78, 5) is 12.1. The lowest BCUT2D eigenvalue weighted by Gasteiger charge is -2.14. The van der Waals surface area contributed by atoms with Gasteiger partial charge in [0, 0.05) is 5.56 Å². The van der Waals surface area contributed by atoms with E-state index < -0.39 is 0 Å². The standard InChI is InChI=1S/C18H15N3O2S/c22-14-8-6-12(7-9-14)17-15-10-19-21(13-4-2-1-3-5-13)18(15)20-16(23)11-24-17/h1-10,17,22H,11H2,(H,20,23)/t17-/m1/s1. The van der Waals surface area contributed by atoms with Gasteiger partial charge in [0.15, 0.2) is 0 Å². The molecule has 1 aromatic heterocycles. The van der Waals surface area contributed by atoms with Crippen LogP contribution in [0.1, 0.15) is 16.4 Å². The lowest BCUT2D eigenvalue weighted by molar-refractivity contribution is -0.113. The molecule has 0 fully saturated rings. The van der Waals surface area contributed by atoms with Crippen molar-refractivity contribution in [2.24, 2.45) is 0 Å². The van der Waals surface area contributed by atoms with E-state index in [1.165, 1.54) is 0 Å². The number of amides is 1. The molecule has 2 aromatic carbocycles. The molecule has 2 heterocycles. The van der Waals surface area contributed by atoms with E-state index in [4.69, 9.17) is 0 Å². The zero-order valence-electron chi connectivity index (χ0n) is 12.7. The van der Waals surface area contributed by atoms with Gasteiger partial charge in [0.25, 0.3) is 0 Å². The number of hydrogen-bond donors (Lipinski definition) is 2. The molecule has 0 saturated heterocycles. The molecule has 1 atom stereocenters. The molecule has 120 valence electrons. The van der Waals surface area contributed by atoms with Crippen LogP contribution < -0.4 is 5.32 Å². The van der Waals surface area contributed by atoms with E-state index in [0.717, 1.165) is 16.8 Å². The Morgan fingerprint density at radius 3 is 2.62 bits per heavy atom. The number of thioether (sulfide) groups is 1. The number of carbonyl (C=O) groups is 1. The van der Waals surface area contributed by atoms with Gasteiger partial charge in [0.2, 0.25) is 5.91 Å². The highest BCUT2D eigenvalue weighted by Gasteiger charge is 2.28. The number of anilines is 1. The summed E-state index contributed by atoms with van der Waals surface area (Å²) >= 11 is 1.56. The number of para-hydroxylation sites is 1. The Hall–Kier alpha value is -2.73. The minimum Gasteiger partial charge on any atom is -0.508 e. The molecule has 0 spiro atoms. The predicted molar refractivity (Wildman–Crippen MR) is 94.6 cm³/mol. The largest absolute Gasteiger partial charge is 0.508 e. The van der Waals surface area contributed by atoms with Crippen molar-refractivity contribution in [2.75, 3.05) is 11.1 Å². The zero-order chi connectivity index (χ0) is 16.5. The van der Waals surface area contributed by atoms with Crippen molar-refractivity contribution in [3.05, 3.63) is 71.9 Å². The molecular weight excluding hydrogens is 322 g/mol. The summed E-state index contributed by atoms with van der Waals surface area (Å²) in [5.74, 6) is 1.26. The van der Waals surface area contributed by atoms with Crippen LogP contribution in [0, 0.1) is 0 Å². The lowest BCUT2D eigenvalue weighted by atomic mass is 10.1. The number of carbonyl (C=O) groups excluding carboxylic acids is 1. The van der Waals surface area contributed by atoms with Crippen LogP contribution in [0.25, 0.3) is 5.69 Å². The van der Waals surface area contributed by atoms with Crippen molar-refractivity contribution in [3.63, 3.8) is 0 Å². The van der Waals surface area contributed by atoms with Gasteiger partial charge in [-0.05, 0) is 29.8 Å². The Kier molecular flexibility index (Phi) is 3.74. The van der Waals surface area contributed by atoms with Gasteiger partial charge in [0.1, 0.15) is 11.6 Å². The summed E-state index contributed by atoms with van der Waals surface area (Å²) in [5.41, 5.74) is 2.89. The number of nitrogens with zero attached hydrogens (tertiary/aromatic N) is 2. The molecule has 24 heavy (non-hydrogen) atoms. The summed E-state index contributed by atoms with van der Waals surface area (Å²) < 4.78 is 1.76. The van der Waals surface area contributed by atoms with Gasteiger partial charge in [-0.1, -0.05) is 30.3 Å². The van der Waals surface area contributed by atoms with Crippen LogP contribution in [-0.4, -0.2) is 26.5 Å². The number of aromatic nitrogens is 2. The summed E-state index contributed by atoms with van der Waals surface area (Å²) in [6, 6.07) is 16.8. The fourth-order valence-corrected chi connectivity index (χ4v) is 3.88. The van der Waals surface area contributed by atoms with E-state index in [1.807, 2.05) is 42.5 Å². The molecule has 1 aliphatic heterocycles. The SMILES string of the molecule is O=C1CS[C@H](c2ccc(O)cc2)c2cnn(-c3ccccc3)c2N1. The topological polar surface area (TPSA) is 67.1 Å². The number of aromatic hydroxyl groups is 1. The van der Waals surface area contributed by atoms with Gasteiger partial charge in [-0.15, -0.1) is 11.8 Å². The van der Waals surface area contributed by atoms with E-state index in [9.17, 15) is 9.90 Å². The zero-order valence-corrected chi connectivity index (χ0v) is 13.5. The molecule has 3 aromatic rings. The normalized spacial score (nSPS) is 17.0. The number of nitrogens with one attached hydrogen (secondary N) is 1. The van der Waals surface area contributed by atoms with E-state index in [-0.39, 0.29) is 16.9 Å². The number of phenolic OH excluding ortho intramolecular Hbond substituents is 1. The first-order valence-corrected chi connectivity index (χ1v) is 8.61. The second-order valence-corrected chi connectivity index (χ2v) is 6.62. The molecule has 0 radical (unpaired) electrons. The first kappa shape index (κ1) is 14.8. The number of phenols is 1.